The summed E-state index contributed by atoms with van der Waals surface area (Å²) in [4.78, 5) is 0. The number of hydrogen-bond acceptors (Lipinski definition) is 1. The Balaban J connectivity index is 0.00000121. The Morgan fingerprint density at radius 2 is 1.59 bits per heavy atom. The van der Waals surface area contributed by atoms with Crippen LogP contribution in [0.25, 0.3) is 0 Å². The summed E-state index contributed by atoms with van der Waals surface area (Å²) in [5.41, 5.74) is 0.510. The first-order valence-electron chi connectivity index (χ1n) is 7.69. The van der Waals surface area contributed by atoms with E-state index >= 15 is 0 Å². The molecule has 1 aliphatic rings. The van der Waals surface area contributed by atoms with Crippen LogP contribution in [0.5, 0.6) is 0 Å². The summed E-state index contributed by atoms with van der Waals surface area (Å²) >= 11 is 0. The average molecular weight is 241 g/mol. The van der Waals surface area contributed by atoms with Crippen molar-refractivity contribution in [1.82, 2.24) is 5.32 Å². The van der Waals surface area contributed by atoms with Crippen LogP contribution < -0.4 is 5.32 Å². The van der Waals surface area contributed by atoms with Gasteiger partial charge in [-0.1, -0.05) is 54.9 Å². The largest absolute Gasteiger partial charge is 0.317 e. The summed E-state index contributed by atoms with van der Waals surface area (Å²) in [6, 6.07) is 0. The number of rotatable bonds is 4. The molecule has 0 amide bonds. The van der Waals surface area contributed by atoms with Crippen LogP contribution in [0.3, 0.4) is 0 Å². The zero-order valence-corrected chi connectivity index (χ0v) is 13.3. The van der Waals surface area contributed by atoms with Crippen LogP contribution in [0, 0.1) is 23.2 Å². The first-order valence-corrected chi connectivity index (χ1v) is 7.69. The van der Waals surface area contributed by atoms with E-state index in [-0.39, 0.29) is 0 Å². The van der Waals surface area contributed by atoms with E-state index in [0.717, 1.165) is 17.8 Å². The summed E-state index contributed by atoms with van der Waals surface area (Å²) < 4.78 is 0. The van der Waals surface area contributed by atoms with E-state index in [1.165, 1.54) is 32.4 Å². The molecule has 1 N–H and O–H groups in total. The maximum atomic E-state index is 3.48. The fraction of sp³-hybridized carbons (Fsp3) is 1.00. The summed E-state index contributed by atoms with van der Waals surface area (Å²) in [6.07, 6.45) is 4.07. The molecular formula is C16H35N. The first kappa shape index (κ1) is 17.0. The lowest BCUT2D eigenvalue weighted by Crippen LogP contribution is -2.40. The SMILES string of the molecule is CC.CCC(C)(C)C(C(C)C)C1CCNCC1. The zero-order chi connectivity index (χ0) is 13.5. The average Bonchev–Trinajstić information content (AvgIpc) is 2.32. The van der Waals surface area contributed by atoms with Crippen molar-refractivity contribution in [3.63, 3.8) is 0 Å². The van der Waals surface area contributed by atoms with Crippen molar-refractivity contribution < 1.29 is 0 Å². The van der Waals surface area contributed by atoms with Gasteiger partial charge >= 0.3 is 0 Å². The van der Waals surface area contributed by atoms with Crippen LogP contribution in [0.15, 0.2) is 0 Å². The molecule has 1 aliphatic heterocycles. The molecule has 1 nitrogen and oxygen atoms in total. The van der Waals surface area contributed by atoms with Crippen molar-refractivity contribution in [2.75, 3.05) is 13.1 Å². The van der Waals surface area contributed by atoms with Gasteiger partial charge in [0.2, 0.25) is 0 Å². The van der Waals surface area contributed by atoms with Gasteiger partial charge in [-0.15, -0.1) is 0 Å². The van der Waals surface area contributed by atoms with Crippen molar-refractivity contribution in [2.24, 2.45) is 23.2 Å². The Hall–Kier alpha value is -0.0400. The predicted octanol–water partition coefficient (Wildman–Crippen LogP) is 4.72. The molecule has 1 unspecified atom stereocenters. The quantitative estimate of drug-likeness (QED) is 0.751. The molecular weight excluding hydrogens is 206 g/mol. The molecule has 1 rings (SSSR count). The maximum absolute atomic E-state index is 3.48. The molecule has 0 saturated carbocycles. The highest BCUT2D eigenvalue weighted by Crippen LogP contribution is 2.43. The van der Waals surface area contributed by atoms with Gasteiger partial charge in [0, 0.05) is 0 Å². The van der Waals surface area contributed by atoms with E-state index in [1.807, 2.05) is 13.8 Å². The van der Waals surface area contributed by atoms with Crippen molar-refractivity contribution in [3.8, 4) is 0 Å². The fourth-order valence-corrected chi connectivity index (χ4v) is 3.52. The smallest absolute Gasteiger partial charge is 0.00462 e. The summed E-state index contributed by atoms with van der Waals surface area (Å²) in [7, 11) is 0. The zero-order valence-electron chi connectivity index (χ0n) is 13.3. The van der Waals surface area contributed by atoms with Gasteiger partial charge in [-0.2, -0.15) is 0 Å². The molecule has 0 aliphatic carbocycles. The second-order valence-corrected chi connectivity index (χ2v) is 6.20. The standard InChI is InChI=1S/C14H29N.C2H6/c1-6-14(4,5)13(11(2)3)12-7-9-15-10-8-12;1-2/h11-13,15H,6-10H2,1-5H3;1-2H3. The van der Waals surface area contributed by atoms with Crippen LogP contribution in [-0.2, 0) is 0 Å². The Kier molecular flexibility index (Phi) is 8.11. The topological polar surface area (TPSA) is 12.0 Å². The van der Waals surface area contributed by atoms with Gasteiger partial charge in [0.15, 0.2) is 0 Å². The summed E-state index contributed by atoms with van der Waals surface area (Å²) in [5.74, 6) is 2.66. The Bertz CT molecular complexity index is 178. The van der Waals surface area contributed by atoms with Crippen molar-refractivity contribution in [2.45, 2.75) is 67.7 Å². The number of hydrogen-bond donors (Lipinski definition) is 1. The molecule has 1 atom stereocenters. The van der Waals surface area contributed by atoms with E-state index in [9.17, 15) is 0 Å². The Morgan fingerprint density at radius 1 is 1.12 bits per heavy atom. The molecule has 0 bridgehead atoms. The van der Waals surface area contributed by atoms with Gasteiger partial charge < -0.3 is 5.32 Å². The molecule has 0 aromatic rings. The van der Waals surface area contributed by atoms with Crippen LogP contribution in [-0.4, -0.2) is 13.1 Å². The van der Waals surface area contributed by atoms with Gasteiger partial charge in [-0.3, -0.25) is 0 Å². The van der Waals surface area contributed by atoms with E-state index in [1.54, 1.807) is 0 Å². The molecule has 0 spiro atoms. The number of piperidine rings is 1. The molecule has 0 radical (unpaired) electrons. The number of nitrogens with one attached hydrogen (secondary N) is 1. The first-order chi connectivity index (χ1) is 7.99. The lowest BCUT2D eigenvalue weighted by Gasteiger charge is -2.43. The Morgan fingerprint density at radius 3 is 1.94 bits per heavy atom. The molecule has 0 aromatic heterocycles. The molecule has 1 heterocycles. The normalized spacial score (nSPS) is 19.8. The highest BCUT2D eigenvalue weighted by Gasteiger charge is 2.36. The highest BCUT2D eigenvalue weighted by molar-refractivity contribution is 4.87. The minimum absolute atomic E-state index is 0.510. The van der Waals surface area contributed by atoms with E-state index < -0.39 is 0 Å². The third-order valence-corrected chi connectivity index (χ3v) is 4.42. The van der Waals surface area contributed by atoms with Gasteiger partial charge in [0.1, 0.15) is 0 Å². The Labute approximate surface area is 110 Å². The minimum atomic E-state index is 0.510. The third kappa shape index (κ3) is 4.99. The second-order valence-electron chi connectivity index (χ2n) is 6.20. The van der Waals surface area contributed by atoms with E-state index in [2.05, 4.69) is 39.9 Å². The summed E-state index contributed by atoms with van der Waals surface area (Å²) in [6.45, 7) is 18.5. The van der Waals surface area contributed by atoms with E-state index in [4.69, 9.17) is 0 Å². The van der Waals surface area contributed by atoms with Crippen molar-refractivity contribution in [3.05, 3.63) is 0 Å². The van der Waals surface area contributed by atoms with Gasteiger partial charge in [-0.25, -0.2) is 0 Å². The van der Waals surface area contributed by atoms with Gasteiger partial charge in [0.25, 0.3) is 0 Å². The van der Waals surface area contributed by atoms with Crippen LogP contribution >= 0.6 is 0 Å². The van der Waals surface area contributed by atoms with Crippen molar-refractivity contribution in [1.29, 1.82) is 0 Å². The molecule has 0 aromatic carbocycles. The fourth-order valence-electron chi connectivity index (χ4n) is 3.52. The van der Waals surface area contributed by atoms with Gasteiger partial charge in [0.05, 0.1) is 0 Å². The van der Waals surface area contributed by atoms with Crippen LogP contribution in [0.4, 0.5) is 0 Å². The maximum Gasteiger partial charge on any atom is -0.00462 e. The third-order valence-electron chi connectivity index (χ3n) is 4.42. The highest BCUT2D eigenvalue weighted by atomic mass is 14.9. The summed E-state index contributed by atoms with van der Waals surface area (Å²) in [5, 5.41) is 3.48. The molecule has 1 heteroatoms. The second kappa shape index (κ2) is 8.13. The lowest BCUT2D eigenvalue weighted by atomic mass is 9.63. The monoisotopic (exact) mass is 241 g/mol. The van der Waals surface area contributed by atoms with Crippen LogP contribution in [0.1, 0.15) is 67.7 Å². The predicted molar refractivity (Wildman–Crippen MR) is 79.3 cm³/mol. The molecule has 1 saturated heterocycles. The molecule has 104 valence electrons. The molecule has 17 heavy (non-hydrogen) atoms. The molecule has 1 fully saturated rings. The lowest BCUT2D eigenvalue weighted by molar-refractivity contribution is 0.0668. The van der Waals surface area contributed by atoms with Crippen LogP contribution in [0.2, 0.25) is 0 Å². The minimum Gasteiger partial charge on any atom is -0.317 e. The van der Waals surface area contributed by atoms with Crippen molar-refractivity contribution >= 4 is 0 Å². The van der Waals surface area contributed by atoms with E-state index in [0.29, 0.717) is 5.41 Å². The van der Waals surface area contributed by atoms with Gasteiger partial charge in [-0.05, 0) is 49.1 Å².